The average Bonchev–Trinajstić information content (AvgIpc) is 3.45. The van der Waals surface area contributed by atoms with Crippen molar-refractivity contribution in [2.24, 2.45) is 5.92 Å². The molecule has 0 atom stereocenters. The first-order valence-corrected chi connectivity index (χ1v) is 10.4. The first-order chi connectivity index (χ1) is 15.2. The van der Waals surface area contributed by atoms with E-state index in [9.17, 15) is 4.79 Å². The van der Waals surface area contributed by atoms with E-state index < -0.39 is 0 Å². The van der Waals surface area contributed by atoms with Gasteiger partial charge >= 0.3 is 5.97 Å². The molecule has 0 aliphatic carbocycles. The molecular formula is C22H19ClN4O4. The molecule has 5 rings (SSSR count). The van der Waals surface area contributed by atoms with Crippen molar-refractivity contribution in [2.75, 3.05) is 18.0 Å². The number of benzene rings is 2. The van der Waals surface area contributed by atoms with Crippen molar-refractivity contribution in [1.29, 1.82) is 0 Å². The first kappa shape index (κ1) is 19.6. The van der Waals surface area contributed by atoms with E-state index in [0.29, 0.717) is 48.4 Å². The van der Waals surface area contributed by atoms with Gasteiger partial charge in [-0.25, -0.2) is 0 Å². The van der Waals surface area contributed by atoms with Crippen molar-refractivity contribution in [1.82, 2.24) is 15.2 Å². The van der Waals surface area contributed by atoms with Gasteiger partial charge in [0.05, 0.1) is 16.5 Å². The van der Waals surface area contributed by atoms with Crippen LogP contribution in [0.5, 0.6) is 0 Å². The Kier molecular flexibility index (Phi) is 5.30. The molecule has 1 aliphatic heterocycles. The van der Waals surface area contributed by atoms with E-state index in [1.165, 1.54) is 0 Å². The van der Waals surface area contributed by atoms with E-state index in [1.807, 2.05) is 36.4 Å². The van der Waals surface area contributed by atoms with Crippen molar-refractivity contribution < 1.29 is 18.4 Å². The van der Waals surface area contributed by atoms with Crippen LogP contribution in [-0.2, 0) is 16.1 Å². The number of fused-ring (bicyclic) bond motifs is 1. The van der Waals surface area contributed by atoms with Gasteiger partial charge in [0.2, 0.25) is 5.89 Å². The number of ether oxygens (including phenoxy) is 1. The highest BCUT2D eigenvalue weighted by Gasteiger charge is 2.28. The Balaban J connectivity index is 1.15. The highest BCUT2D eigenvalue weighted by Crippen LogP contribution is 2.28. The van der Waals surface area contributed by atoms with Crippen molar-refractivity contribution in [3.05, 3.63) is 59.4 Å². The Hall–Kier alpha value is -3.39. The van der Waals surface area contributed by atoms with Crippen LogP contribution < -0.4 is 4.90 Å². The molecule has 0 radical (unpaired) electrons. The third kappa shape index (κ3) is 4.11. The summed E-state index contributed by atoms with van der Waals surface area (Å²) in [6, 6.07) is 15.4. The van der Waals surface area contributed by atoms with Crippen LogP contribution in [0.25, 0.3) is 22.6 Å². The highest BCUT2D eigenvalue weighted by atomic mass is 35.5. The molecule has 9 heteroatoms. The van der Waals surface area contributed by atoms with Gasteiger partial charge in [-0.2, -0.15) is 4.98 Å². The standard InChI is InChI=1S/C22H19ClN4O4/c23-16-6-2-1-5-15(16)20-26-25-19(31-20)13-29-21(28)14-9-11-27(12-10-14)22-24-17-7-3-4-8-18(17)30-22/h1-8,14H,9-13H2. The number of oxazole rings is 1. The number of aromatic nitrogens is 3. The van der Waals surface area contributed by atoms with Crippen LogP contribution in [0.15, 0.2) is 57.4 Å². The minimum Gasteiger partial charge on any atom is -0.455 e. The van der Waals surface area contributed by atoms with Gasteiger partial charge in [0.1, 0.15) is 5.52 Å². The lowest BCUT2D eigenvalue weighted by Crippen LogP contribution is -2.37. The largest absolute Gasteiger partial charge is 0.455 e. The fourth-order valence-electron chi connectivity index (χ4n) is 3.61. The van der Waals surface area contributed by atoms with E-state index in [4.69, 9.17) is 25.2 Å². The molecule has 4 aromatic rings. The Morgan fingerprint density at radius 3 is 2.65 bits per heavy atom. The van der Waals surface area contributed by atoms with Gasteiger partial charge in [0.15, 0.2) is 12.2 Å². The molecule has 2 aromatic heterocycles. The number of nitrogens with zero attached hydrogens (tertiary/aromatic N) is 4. The van der Waals surface area contributed by atoms with Crippen molar-refractivity contribution >= 4 is 34.7 Å². The van der Waals surface area contributed by atoms with Gasteiger partial charge in [-0.3, -0.25) is 4.79 Å². The topological polar surface area (TPSA) is 94.5 Å². The molecule has 3 heterocycles. The number of rotatable bonds is 5. The highest BCUT2D eigenvalue weighted by molar-refractivity contribution is 6.33. The molecule has 1 fully saturated rings. The molecule has 0 saturated carbocycles. The maximum absolute atomic E-state index is 12.5. The monoisotopic (exact) mass is 438 g/mol. The predicted molar refractivity (Wildman–Crippen MR) is 113 cm³/mol. The number of para-hydroxylation sites is 2. The number of esters is 1. The summed E-state index contributed by atoms with van der Waals surface area (Å²) in [5, 5.41) is 8.44. The fraction of sp³-hybridized carbons (Fsp3) is 0.273. The predicted octanol–water partition coefficient (Wildman–Crippen LogP) is 4.49. The second-order valence-corrected chi connectivity index (χ2v) is 7.72. The smallest absolute Gasteiger partial charge is 0.309 e. The molecule has 1 aliphatic rings. The number of carbonyl (C=O) groups is 1. The third-order valence-corrected chi connectivity index (χ3v) is 5.62. The second-order valence-electron chi connectivity index (χ2n) is 7.31. The number of halogens is 1. The Labute approximate surface area is 182 Å². The molecule has 0 bridgehead atoms. The summed E-state index contributed by atoms with van der Waals surface area (Å²) in [4.78, 5) is 19.1. The van der Waals surface area contributed by atoms with Crippen molar-refractivity contribution in [3.63, 3.8) is 0 Å². The van der Waals surface area contributed by atoms with Gasteiger partial charge in [-0.1, -0.05) is 35.9 Å². The van der Waals surface area contributed by atoms with Gasteiger partial charge < -0.3 is 18.5 Å². The van der Waals surface area contributed by atoms with Gasteiger partial charge in [0.25, 0.3) is 11.9 Å². The van der Waals surface area contributed by atoms with Crippen LogP contribution in [0.2, 0.25) is 5.02 Å². The van der Waals surface area contributed by atoms with Gasteiger partial charge in [-0.05, 0) is 37.1 Å². The molecule has 1 saturated heterocycles. The molecule has 2 aromatic carbocycles. The maximum Gasteiger partial charge on any atom is 0.309 e. The number of hydrogen-bond acceptors (Lipinski definition) is 8. The summed E-state index contributed by atoms with van der Waals surface area (Å²) in [5.41, 5.74) is 2.23. The van der Waals surface area contributed by atoms with Crippen LogP contribution in [-0.4, -0.2) is 34.2 Å². The number of anilines is 1. The number of piperidine rings is 1. The third-order valence-electron chi connectivity index (χ3n) is 5.29. The van der Waals surface area contributed by atoms with Crippen LogP contribution in [0.4, 0.5) is 6.01 Å². The number of carbonyl (C=O) groups excluding carboxylic acids is 1. The summed E-state index contributed by atoms with van der Waals surface area (Å²) in [5.74, 6) is 0.0665. The first-order valence-electron chi connectivity index (χ1n) is 10.0. The molecular weight excluding hydrogens is 420 g/mol. The lowest BCUT2D eigenvalue weighted by atomic mass is 9.97. The minimum absolute atomic E-state index is 0.0678. The Morgan fingerprint density at radius 2 is 1.84 bits per heavy atom. The zero-order chi connectivity index (χ0) is 21.2. The molecule has 158 valence electrons. The van der Waals surface area contributed by atoms with E-state index in [-0.39, 0.29) is 24.4 Å². The van der Waals surface area contributed by atoms with Crippen molar-refractivity contribution in [2.45, 2.75) is 19.4 Å². The fourth-order valence-corrected chi connectivity index (χ4v) is 3.82. The number of hydrogen-bond donors (Lipinski definition) is 0. The molecule has 0 N–H and O–H groups in total. The minimum atomic E-state index is -0.269. The lowest BCUT2D eigenvalue weighted by Gasteiger charge is -2.29. The van der Waals surface area contributed by atoms with E-state index >= 15 is 0 Å². The van der Waals surface area contributed by atoms with Crippen molar-refractivity contribution in [3.8, 4) is 11.5 Å². The van der Waals surface area contributed by atoms with Crippen LogP contribution >= 0.6 is 11.6 Å². The lowest BCUT2D eigenvalue weighted by molar-refractivity contribution is -0.151. The summed E-state index contributed by atoms with van der Waals surface area (Å²) < 4.78 is 16.8. The summed E-state index contributed by atoms with van der Waals surface area (Å²) >= 11 is 6.15. The SMILES string of the molecule is O=C(OCc1nnc(-c2ccccc2Cl)o1)C1CCN(c2nc3ccccc3o2)CC1. The zero-order valence-electron chi connectivity index (χ0n) is 16.5. The van der Waals surface area contributed by atoms with Crippen LogP contribution in [0.3, 0.4) is 0 Å². The molecule has 0 amide bonds. The summed E-state index contributed by atoms with van der Waals surface area (Å²) in [6.07, 6.45) is 1.32. The summed E-state index contributed by atoms with van der Waals surface area (Å²) in [6.45, 7) is 1.27. The normalized spacial score (nSPS) is 14.8. The van der Waals surface area contributed by atoms with Crippen LogP contribution in [0, 0.1) is 5.92 Å². The molecule has 31 heavy (non-hydrogen) atoms. The molecule has 8 nitrogen and oxygen atoms in total. The quantitative estimate of drug-likeness (QED) is 0.420. The maximum atomic E-state index is 12.5. The van der Waals surface area contributed by atoms with E-state index in [2.05, 4.69) is 20.1 Å². The molecule has 0 spiro atoms. The Bertz CT molecular complexity index is 1180. The van der Waals surface area contributed by atoms with Gasteiger partial charge in [-0.15, -0.1) is 10.2 Å². The zero-order valence-corrected chi connectivity index (χ0v) is 17.3. The van der Waals surface area contributed by atoms with E-state index in [0.717, 1.165) is 11.1 Å². The summed E-state index contributed by atoms with van der Waals surface area (Å²) in [7, 11) is 0. The molecule has 0 unspecified atom stereocenters. The van der Waals surface area contributed by atoms with Crippen LogP contribution in [0.1, 0.15) is 18.7 Å². The van der Waals surface area contributed by atoms with E-state index in [1.54, 1.807) is 12.1 Å². The second kappa shape index (κ2) is 8.39. The van der Waals surface area contributed by atoms with Gasteiger partial charge in [0, 0.05) is 13.1 Å². The average molecular weight is 439 g/mol. The Morgan fingerprint density at radius 1 is 1.06 bits per heavy atom.